The lowest BCUT2D eigenvalue weighted by Gasteiger charge is -2.20. The Balaban J connectivity index is 1.85. The minimum atomic E-state index is -4.26. The number of halogens is 1. The van der Waals surface area contributed by atoms with E-state index in [9.17, 15) is 17.6 Å². The molecule has 0 saturated heterocycles. The van der Waals surface area contributed by atoms with E-state index >= 15 is 0 Å². The number of aromatic nitrogens is 1. The number of benzene rings is 2. The van der Waals surface area contributed by atoms with Gasteiger partial charge in [-0.3, -0.25) is 9.78 Å². The van der Waals surface area contributed by atoms with Crippen molar-refractivity contribution in [2.24, 2.45) is 0 Å². The summed E-state index contributed by atoms with van der Waals surface area (Å²) in [6, 6.07) is 14.5. The Kier molecular flexibility index (Phi) is 7.32. The molecule has 0 radical (unpaired) electrons. The highest BCUT2D eigenvalue weighted by molar-refractivity contribution is 7.89. The first-order valence-corrected chi connectivity index (χ1v) is 10.9. The van der Waals surface area contributed by atoms with Crippen LogP contribution in [0.25, 0.3) is 0 Å². The molecule has 2 N–H and O–H groups in total. The number of carbonyl (C=O) groups excluding carboxylic acids is 1. The minimum Gasteiger partial charge on any atom is -0.495 e. The molecule has 1 aromatic heterocycles. The van der Waals surface area contributed by atoms with Crippen LogP contribution < -0.4 is 14.8 Å². The third kappa shape index (κ3) is 6.09. The van der Waals surface area contributed by atoms with Gasteiger partial charge >= 0.3 is 0 Å². The molecule has 0 aliphatic heterocycles. The van der Waals surface area contributed by atoms with Crippen molar-refractivity contribution < 1.29 is 22.3 Å². The van der Waals surface area contributed by atoms with Gasteiger partial charge in [-0.25, -0.2) is 12.8 Å². The smallest absolute Gasteiger partial charge is 0.245 e. The number of amides is 1. The third-order valence-corrected chi connectivity index (χ3v) is 6.02. The number of methoxy groups -OCH3 is 1. The van der Waals surface area contributed by atoms with Crippen molar-refractivity contribution in [3.8, 4) is 5.75 Å². The number of hydrogen-bond donors (Lipinski definition) is 2. The number of hydrogen-bond acceptors (Lipinski definition) is 5. The molecular formula is C22H22FN3O4S. The zero-order valence-corrected chi connectivity index (χ0v) is 17.6. The van der Waals surface area contributed by atoms with E-state index in [1.165, 1.54) is 13.2 Å². The molecule has 9 heteroatoms. The van der Waals surface area contributed by atoms with Crippen LogP contribution in [0.5, 0.6) is 5.75 Å². The van der Waals surface area contributed by atoms with E-state index in [0.717, 1.165) is 23.3 Å². The van der Waals surface area contributed by atoms with Crippen LogP contribution in [0.4, 0.5) is 4.39 Å². The van der Waals surface area contributed by atoms with Gasteiger partial charge in [0.25, 0.3) is 0 Å². The topological polar surface area (TPSA) is 97.4 Å². The Morgan fingerprint density at radius 1 is 1.06 bits per heavy atom. The van der Waals surface area contributed by atoms with Crippen LogP contribution in [0.3, 0.4) is 0 Å². The molecule has 0 spiro atoms. The molecule has 1 unspecified atom stereocenters. The summed E-state index contributed by atoms with van der Waals surface area (Å²) in [5.74, 6) is -1.27. The van der Waals surface area contributed by atoms with E-state index in [1.807, 2.05) is 6.07 Å². The van der Waals surface area contributed by atoms with Crippen LogP contribution in [-0.4, -0.2) is 32.5 Å². The third-order valence-electron chi connectivity index (χ3n) is 4.53. The van der Waals surface area contributed by atoms with Crippen LogP contribution in [0.2, 0.25) is 0 Å². The molecule has 0 aliphatic carbocycles. The summed E-state index contributed by atoms with van der Waals surface area (Å²) >= 11 is 0. The fourth-order valence-corrected chi connectivity index (χ4v) is 4.34. The summed E-state index contributed by atoms with van der Waals surface area (Å²) in [7, 11) is -2.97. The first kappa shape index (κ1) is 22.4. The molecule has 0 aliphatic rings. The second-order valence-electron chi connectivity index (χ2n) is 6.73. The Morgan fingerprint density at radius 2 is 1.77 bits per heavy atom. The van der Waals surface area contributed by atoms with Crippen molar-refractivity contribution in [1.82, 2.24) is 15.0 Å². The number of carbonyl (C=O) groups is 1. The first-order valence-electron chi connectivity index (χ1n) is 9.45. The highest BCUT2D eigenvalue weighted by Crippen LogP contribution is 2.24. The molecule has 0 bridgehead atoms. The maximum atomic E-state index is 13.7. The summed E-state index contributed by atoms with van der Waals surface area (Å²) in [6.07, 6.45) is 3.31. The zero-order chi connectivity index (χ0) is 22.3. The lowest BCUT2D eigenvalue weighted by atomic mass is 10.1. The van der Waals surface area contributed by atoms with Crippen molar-refractivity contribution in [2.45, 2.75) is 23.9 Å². The van der Waals surface area contributed by atoms with E-state index in [0.29, 0.717) is 0 Å². The number of rotatable bonds is 9. The van der Waals surface area contributed by atoms with E-state index in [1.54, 1.807) is 48.8 Å². The fraction of sp³-hybridized carbons (Fsp3) is 0.182. The number of sulfonamides is 1. The largest absolute Gasteiger partial charge is 0.495 e. The van der Waals surface area contributed by atoms with Crippen molar-refractivity contribution in [3.63, 3.8) is 0 Å². The quantitative estimate of drug-likeness (QED) is 0.530. The van der Waals surface area contributed by atoms with Gasteiger partial charge in [-0.05, 0) is 47.9 Å². The molecule has 1 amide bonds. The summed E-state index contributed by atoms with van der Waals surface area (Å²) in [6.45, 7) is 0.206. The number of ether oxygens (including phenoxy) is 1. The number of nitrogens with one attached hydrogen (secondary N) is 2. The molecule has 1 atom stereocenters. The van der Waals surface area contributed by atoms with Crippen LogP contribution in [-0.2, 0) is 27.8 Å². The maximum Gasteiger partial charge on any atom is 0.245 e. The van der Waals surface area contributed by atoms with E-state index < -0.39 is 27.8 Å². The normalized spacial score (nSPS) is 12.2. The van der Waals surface area contributed by atoms with Crippen LogP contribution in [0.1, 0.15) is 11.1 Å². The van der Waals surface area contributed by atoms with Crippen LogP contribution in [0, 0.1) is 5.82 Å². The molecule has 3 rings (SSSR count). The van der Waals surface area contributed by atoms with Crippen molar-refractivity contribution in [1.29, 1.82) is 0 Å². The number of pyridine rings is 1. The predicted molar refractivity (Wildman–Crippen MR) is 113 cm³/mol. The highest BCUT2D eigenvalue weighted by atomic mass is 32.2. The van der Waals surface area contributed by atoms with E-state index in [2.05, 4.69) is 15.0 Å². The average Bonchev–Trinajstić information content (AvgIpc) is 2.78. The lowest BCUT2D eigenvalue weighted by Crippen LogP contribution is -2.47. The molecule has 7 nitrogen and oxygen atoms in total. The first-order chi connectivity index (χ1) is 14.9. The molecule has 162 valence electrons. The average molecular weight is 444 g/mol. The fourth-order valence-electron chi connectivity index (χ4n) is 2.96. The lowest BCUT2D eigenvalue weighted by molar-refractivity contribution is -0.122. The van der Waals surface area contributed by atoms with Gasteiger partial charge in [0.2, 0.25) is 15.9 Å². The van der Waals surface area contributed by atoms with E-state index in [-0.39, 0.29) is 23.6 Å². The molecule has 3 aromatic rings. The Labute approximate surface area is 180 Å². The van der Waals surface area contributed by atoms with Gasteiger partial charge in [0, 0.05) is 18.9 Å². The van der Waals surface area contributed by atoms with Gasteiger partial charge in [0.15, 0.2) is 0 Å². The van der Waals surface area contributed by atoms with Gasteiger partial charge in [0.1, 0.15) is 22.5 Å². The Morgan fingerprint density at radius 3 is 2.45 bits per heavy atom. The van der Waals surface area contributed by atoms with Gasteiger partial charge in [0.05, 0.1) is 7.11 Å². The van der Waals surface area contributed by atoms with Gasteiger partial charge in [-0.15, -0.1) is 0 Å². The molecule has 2 aromatic carbocycles. The van der Waals surface area contributed by atoms with Crippen LogP contribution in [0.15, 0.2) is 78.0 Å². The van der Waals surface area contributed by atoms with Gasteiger partial charge in [-0.1, -0.05) is 30.3 Å². The van der Waals surface area contributed by atoms with Crippen molar-refractivity contribution in [2.75, 3.05) is 7.11 Å². The monoisotopic (exact) mass is 443 g/mol. The van der Waals surface area contributed by atoms with Crippen LogP contribution >= 0.6 is 0 Å². The molecule has 0 fully saturated rings. The molecule has 0 saturated carbocycles. The SMILES string of the molecule is COc1ccc(F)cc1S(=O)(=O)NC(Cc1ccccc1)C(=O)NCc1ccncc1. The summed E-state index contributed by atoms with van der Waals surface area (Å²) in [4.78, 5) is 16.4. The van der Waals surface area contributed by atoms with Gasteiger partial charge in [-0.2, -0.15) is 4.72 Å². The second-order valence-corrected chi connectivity index (χ2v) is 8.41. The molecular weight excluding hydrogens is 421 g/mol. The van der Waals surface area contributed by atoms with E-state index in [4.69, 9.17) is 4.74 Å². The number of nitrogens with zero attached hydrogens (tertiary/aromatic N) is 1. The maximum absolute atomic E-state index is 13.7. The standard InChI is InChI=1S/C22H22FN3O4S/c1-30-20-8-7-18(23)14-21(20)31(28,29)26-19(13-16-5-3-2-4-6-16)22(27)25-15-17-9-11-24-12-10-17/h2-12,14,19,26H,13,15H2,1H3,(H,25,27). The second kappa shape index (κ2) is 10.1. The highest BCUT2D eigenvalue weighted by Gasteiger charge is 2.28. The zero-order valence-electron chi connectivity index (χ0n) is 16.8. The molecule has 1 heterocycles. The Bertz CT molecular complexity index is 1130. The van der Waals surface area contributed by atoms with Crippen molar-refractivity contribution >= 4 is 15.9 Å². The molecule has 31 heavy (non-hydrogen) atoms. The summed E-state index contributed by atoms with van der Waals surface area (Å²) in [5.41, 5.74) is 1.58. The van der Waals surface area contributed by atoms with Gasteiger partial charge < -0.3 is 10.1 Å². The summed E-state index contributed by atoms with van der Waals surface area (Å²) in [5, 5.41) is 2.73. The summed E-state index contributed by atoms with van der Waals surface area (Å²) < 4.78 is 47.2. The van der Waals surface area contributed by atoms with Crippen molar-refractivity contribution in [3.05, 3.63) is 90.0 Å². The predicted octanol–water partition coefficient (Wildman–Crippen LogP) is 2.44. The Hall–Kier alpha value is -3.30. The minimum absolute atomic E-state index is 0.0236.